The first kappa shape index (κ1) is 19.9. The van der Waals surface area contributed by atoms with E-state index in [-0.39, 0.29) is 21.6 Å². The van der Waals surface area contributed by atoms with E-state index in [4.69, 9.17) is 5.73 Å². The quantitative estimate of drug-likeness (QED) is 0.433. The number of pyridine rings is 1. The second-order valence-electron chi connectivity index (χ2n) is 7.22. The van der Waals surface area contributed by atoms with Crippen molar-refractivity contribution in [2.45, 2.75) is 49.7 Å². The fourth-order valence-electron chi connectivity index (χ4n) is 2.61. The second kappa shape index (κ2) is 6.94. The van der Waals surface area contributed by atoms with E-state index in [9.17, 15) is 13.2 Å². The van der Waals surface area contributed by atoms with Gasteiger partial charge in [-0.3, -0.25) is 4.98 Å². The molecule has 0 aliphatic heterocycles. The third-order valence-corrected chi connectivity index (χ3v) is 5.93. The topological polar surface area (TPSA) is 64.7 Å². The number of halogens is 3. The Balaban J connectivity index is 1.93. The number of nitrogens with two attached hydrogens (primary N) is 1. The van der Waals surface area contributed by atoms with E-state index in [2.05, 4.69) is 41.1 Å². The van der Waals surface area contributed by atoms with Crippen molar-refractivity contribution in [2.24, 2.45) is 0 Å². The SMILES string of the molecule is CC(Sc1nc(N)cc(C(F)(F)F)n1)c1cc2c(C(C)(C)C)csc2cn1. The smallest absolute Gasteiger partial charge is 0.384 e. The highest BCUT2D eigenvalue weighted by Gasteiger charge is 2.33. The van der Waals surface area contributed by atoms with Gasteiger partial charge in [0.25, 0.3) is 0 Å². The molecule has 0 spiro atoms. The molecule has 0 amide bonds. The summed E-state index contributed by atoms with van der Waals surface area (Å²) in [7, 11) is 0. The summed E-state index contributed by atoms with van der Waals surface area (Å²) in [5.41, 5.74) is 6.46. The van der Waals surface area contributed by atoms with Crippen LogP contribution in [0, 0.1) is 0 Å². The van der Waals surface area contributed by atoms with E-state index < -0.39 is 11.9 Å². The van der Waals surface area contributed by atoms with Gasteiger partial charge in [0.15, 0.2) is 10.9 Å². The Hall–Kier alpha value is -1.87. The Labute approximate surface area is 163 Å². The number of hydrogen-bond acceptors (Lipinski definition) is 6. The van der Waals surface area contributed by atoms with Crippen LogP contribution in [0.1, 0.15) is 49.9 Å². The maximum absolute atomic E-state index is 12.9. The van der Waals surface area contributed by atoms with Gasteiger partial charge in [-0.15, -0.1) is 11.3 Å². The Morgan fingerprint density at radius 2 is 1.85 bits per heavy atom. The van der Waals surface area contributed by atoms with Crippen LogP contribution in [0.25, 0.3) is 10.1 Å². The first-order valence-electron chi connectivity index (χ1n) is 8.21. The van der Waals surface area contributed by atoms with Gasteiger partial charge in [-0.25, -0.2) is 9.97 Å². The molecule has 3 rings (SSSR count). The summed E-state index contributed by atoms with van der Waals surface area (Å²) in [5, 5.41) is 3.00. The molecule has 0 aromatic carbocycles. The van der Waals surface area contributed by atoms with Gasteiger partial charge in [-0.2, -0.15) is 13.2 Å². The van der Waals surface area contributed by atoms with Crippen molar-refractivity contribution in [1.82, 2.24) is 15.0 Å². The average molecular weight is 413 g/mol. The van der Waals surface area contributed by atoms with Crippen molar-refractivity contribution in [3.63, 3.8) is 0 Å². The molecule has 0 aliphatic carbocycles. The van der Waals surface area contributed by atoms with Gasteiger partial charge in [0.05, 0.1) is 15.6 Å². The van der Waals surface area contributed by atoms with Crippen LogP contribution in [0.3, 0.4) is 0 Å². The number of thioether (sulfide) groups is 1. The van der Waals surface area contributed by atoms with Gasteiger partial charge in [-0.1, -0.05) is 32.5 Å². The van der Waals surface area contributed by atoms with Crippen LogP contribution < -0.4 is 5.73 Å². The molecule has 3 aromatic rings. The number of nitrogens with zero attached hydrogens (tertiary/aromatic N) is 3. The number of rotatable bonds is 3. The van der Waals surface area contributed by atoms with Crippen LogP contribution in [-0.2, 0) is 11.6 Å². The molecule has 2 N–H and O–H groups in total. The molecule has 1 atom stereocenters. The van der Waals surface area contributed by atoms with Crippen molar-refractivity contribution >= 4 is 39.0 Å². The predicted molar refractivity (Wildman–Crippen MR) is 104 cm³/mol. The average Bonchev–Trinajstić information content (AvgIpc) is 2.96. The summed E-state index contributed by atoms with van der Waals surface area (Å²) in [6.07, 6.45) is -2.76. The largest absolute Gasteiger partial charge is 0.433 e. The molecule has 0 saturated heterocycles. The van der Waals surface area contributed by atoms with Crippen LogP contribution in [0.2, 0.25) is 0 Å². The Morgan fingerprint density at radius 1 is 1.15 bits per heavy atom. The highest BCUT2D eigenvalue weighted by atomic mass is 32.2. The van der Waals surface area contributed by atoms with Gasteiger partial charge < -0.3 is 5.73 Å². The minimum Gasteiger partial charge on any atom is -0.384 e. The van der Waals surface area contributed by atoms with E-state index in [1.807, 2.05) is 19.2 Å². The van der Waals surface area contributed by atoms with Crippen molar-refractivity contribution in [1.29, 1.82) is 0 Å². The standard InChI is InChI=1S/C18H19F3N4S2/c1-9(27-16-24-14(18(19,20)21)6-15(22)25-16)12-5-10-11(17(2,3)4)8-26-13(10)7-23-12/h5-9H,1-4H3,(H2,22,24,25). The Bertz CT molecular complexity index is 977. The summed E-state index contributed by atoms with van der Waals surface area (Å²) >= 11 is 2.74. The lowest BCUT2D eigenvalue weighted by molar-refractivity contribution is -0.141. The number of alkyl halides is 3. The summed E-state index contributed by atoms with van der Waals surface area (Å²) < 4.78 is 39.9. The minimum absolute atomic E-state index is 0.00808. The number of anilines is 1. The molecule has 0 aliphatic rings. The van der Waals surface area contributed by atoms with E-state index in [0.717, 1.165) is 33.6 Å². The van der Waals surface area contributed by atoms with Crippen LogP contribution in [0.15, 0.2) is 28.9 Å². The Kier molecular flexibility index (Phi) is 5.11. The molecule has 27 heavy (non-hydrogen) atoms. The summed E-state index contributed by atoms with van der Waals surface area (Å²) in [4.78, 5) is 12.0. The van der Waals surface area contributed by atoms with Gasteiger partial charge in [0.1, 0.15) is 5.82 Å². The van der Waals surface area contributed by atoms with Crippen LogP contribution in [0.5, 0.6) is 0 Å². The Morgan fingerprint density at radius 3 is 2.48 bits per heavy atom. The van der Waals surface area contributed by atoms with Crippen LogP contribution >= 0.6 is 23.1 Å². The van der Waals surface area contributed by atoms with Crippen LogP contribution in [-0.4, -0.2) is 15.0 Å². The molecular formula is C18H19F3N4S2. The molecule has 0 fully saturated rings. The monoisotopic (exact) mass is 412 g/mol. The van der Waals surface area contributed by atoms with Crippen molar-refractivity contribution in [3.05, 3.63) is 40.7 Å². The fourth-order valence-corrected chi connectivity index (χ4v) is 4.62. The molecule has 0 radical (unpaired) electrons. The van der Waals surface area contributed by atoms with Crippen molar-refractivity contribution in [2.75, 3.05) is 5.73 Å². The zero-order chi connectivity index (χ0) is 20.0. The molecule has 0 saturated carbocycles. The predicted octanol–water partition coefficient (Wildman–Crippen LogP) is 5.84. The van der Waals surface area contributed by atoms with E-state index >= 15 is 0 Å². The molecule has 144 valence electrons. The first-order chi connectivity index (χ1) is 12.4. The lowest BCUT2D eigenvalue weighted by Gasteiger charge is -2.18. The van der Waals surface area contributed by atoms with Crippen molar-refractivity contribution in [3.8, 4) is 0 Å². The molecule has 0 bridgehead atoms. The number of thiophene rings is 1. The first-order valence-corrected chi connectivity index (χ1v) is 9.97. The molecule has 3 aromatic heterocycles. The van der Waals surface area contributed by atoms with Gasteiger partial charge in [0.2, 0.25) is 0 Å². The number of aromatic nitrogens is 3. The molecule has 4 nitrogen and oxygen atoms in total. The highest BCUT2D eigenvalue weighted by molar-refractivity contribution is 7.99. The van der Waals surface area contributed by atoms with Crippen molar-refractivity contribution < 1.29 is 13.2 Å². The molecule has 9 heteroatoms. The summed E-state index contributed by atoms with van der Waals surface area (Å²) in [5.74, 6) is -0.205. The summed E-state index contributed by atoms with van der Waals surface area (Å²) in [6, 6.07) is 2.74. The lowest BCUT2D eigenvalue weighted by atomic mass is 9.87. The number of hydrogen-bond donors (Lipinski definition) is 1. The van der Waals surface area contributed by atoms with Gasteiger partial charge in [0, 0.05) is 12.3 Å². The van der Waals surface area contributed by atoms with Gasteiger partial charge >= 0.3 is 6.18 Å². The number of fused-ring (bicyclic) bond motifs is 1. The molecule has 3 heterocycles. The zero-order valence-electron chi connectivity index (χ0n) is 15.3. The van der Waals surface area contributed by atoms with Crippen LogP contribution in [0.4, 0.5) is 19.0 Å². The van der Waals surface area contributed by atoms with Gasteiger partial charge in [-0.05, 0) is 34.7 Å². The highest BCUT2D eigenvalue weighted by Crippen LogP contribution is 2.39. The lowest BCUT2D eigenvalue weighted by Crippen LogP contribution is -2.11. The normalized spacial score (nSPS) is 13.9. The zero-order valence-corrected chi connectivity index (χ0v) is 16.9. The molecule has 1 unspecified atom stereocenters. The van der Waals surface area contributed by atoms with E-state index in [1.54, 1.807) is 11.3 Å². The minimum atomic E-state index is -4.56. The molecular weight excluding hydrogens is 393 g/mol. The maximum atomic E-state index is 12.9. The van der Waals surface area contributed by atoms with E-state index in [0.29, 0.717) is 0 Å². The summed E-state index contributed by atoms with van der Waals surface area (Å²) in [6.45, 7) is 8.30. The number of nitrogen functional groups attached to an aromatic ring is 1. The third kappa shape index (κ3) is 4.35. The fraction of sp³-hybridized carbons (Fsp3) is 0.389. The second-order valence-corrected chi connectivity index (χ2v) is 9.44. The van der Waals surface area contributed by atoms with E-state index in [1.165, 1.54) is 5.56 Å². The third-order valence-electron chi connectivity index (χ3n) is 4.01. The maximum Gasteiger partial charge on any atom is 0.433 e.